The number of carbonyl (C=O) groups is 3. The molecule has 1 aliphatic heterocycles. The van der Waals surface area contributed by atoms with Gasteiger partial charge in [-0.2, -0.15) is 0 Å². The van der Waals surface area contributed by atoms with E-state index in [4.69, 9.17) is 9.47 Å². The average molecular weight is 478 g/mol. The van der Waals surface area contributed by atoms with Gasteiger partial charge in [0, 0.05) is 19.9 Å². The first-order valence-electron chi connectivity index (χ1n) is 11.4. The number of aromatic amines is 1. The molecule has 2 amide bonds. The van der Waals surface area contributed by atoms with Crippen molar-refractivity contribution in [2.75, 3.05) is 25.2 Å². The van der Waals surface area contributed by atoms with Crippen molar-refractivity contribution >= 4 is 23.5 Å². The van der Waals surface area contributed by atoms with Crippen molar-refractivity contribution in [3.05, 3.63) is 71.3 Å². The van der Waals surface area contributed by atoms with Crippen molar-refractivity contribution in [3.8, 4) is 5.75 Å². The summed E-state index contributed by atoms with van der Waals surface area (Å²) in [6.07, 6.45) is 1.22. The maximum absolute atomic E-state index is 13.1. The highest BCUT2D eigenvalue weighted by atomic mass is 16.5. The second kappa shape index (κ2) is 10.8. The Morgan fingerprint density at radius 3 is 2.77 bits per heavy atom. The van der Waals surface area contributed by atoms with Gasteiger partial charge in [-0.1, -0.05) is 36.4 Å². The van der Waals surface area contributed by atoms with Gasteiger partial charge in [0.25, 0.3) is 11.8 Å². The summed E-state index contributed by atoms with van der Waals surface area (Å²) in [6, 6.07) is 14.2. The molecule has 2 aromatic carbocycles. The number of fused-ring (bicyclic) bond motifs is 1. The third-order valence-electron chi connectivity index (χ3n) is 5.60. The lowest BCUT2D eigenvalue weighted by atomic mass is 10.1. The van der Waals surface area contributed by atoms with Crippen LogP contribution in [0.2, 0.25) is 0 Å². The number of nitrogens with zero attached hydrogens (tertiary/aromatic N) is 3. The van der Waals surface area contributed by atoms with Crippen LogP contribution in [0.15, 0.2) is 48.5 Å². The standard InChI is InChI=1S/C25H27N5O5/c1-3-34-22(31)12-10-17-9-11-20-19(13-17)30(2)25(33)18(15-35-20)26-24(32)23-27-21(28-29-23)14-16-7-5-4-6-8-16/h4-9,11,13,18H,3,10,12,14-15H2,1-2H3,(H,26,32)(H,27,28,29)/t18-/m1/s1. The third-order valence-corrected chi connectivity index (χ3v) is 5.60. The van der Waals surface area contributed by atoms with Gasteiger partial charge in [0.1, 0.15) is 24.2 Å². The number of aromatic nitrogens is 3. The number of likely N-dealkylation sites (N-methyl/N-ethyl adjacent to an activating group) is 1. The van der Waals surface area contributed by atoms with E-state index in [0.29, 0.717) is 36.7 Å². The molecule has 4 rings (SSSR count). The molecule has 182 valence electrons. The average Bonchev–Trinajstić information content (AvgIpc) is 3.30. The fraction of sp³-hybridized carbons (Fsp3) is 0.320. The Kier molecular flexibility index (Phi) is 7.39. The van der Waals surface area contributed by atoms with E-state index in [0.717, 1.165) is 11.1 Å². The van der Waals surface area contributed by atoms with Crippen LogP contribution in [0.5, 0.6) is 5.75 Å². The summed E-state index contributed by atoms with van der Waals surface area (Å²) in [5.74, 6) is -0.166. The van der Waals surface area contributed by atoms with Crippen molar-refractivity contribution < 1.29 is 23.9 Å². The van der Waals surface area contributed by atoms with E-state index >= 15 is 0 Å². The number of nitrogens with one attached hydrogen (secondary N) is 2. The van der Waals surface area contributed by atoms with E-state index in [1.165, 1.54) is 4.90 Å². The van der Waals surface area contributed by atoms with Crippen LogP contribution in [-0.4, -0.2) is 59.3 Å². The number of aryl methyl sites for hydroxylation is 1. The molecule has 0 saturated carbocycles. The molecular weight excluding hydrogens is 450 g/mol. The van der Waals surface area contributed by atoms with Gasteiger partial charge in [-0.15, -0.1) is 5.10 Å². The zero-order valence-corrected chi connectivity index (χ0v) is 19.6. The molecule has 2 N–H and O–H groups in total. The third kappa shape index (κ3) is 5.84. The van der Waals surface area contributed by atoms with Crippen LogP contribution in [0.1, 0.15) is 40.9 Å². The molecule has 0 fully saturated rings. The number of carbonyl (C=O) groups excluding carboxylic acids is 3. The first kappa shape index (κ1) is 23.9. The lowest BCUT2D eigenvalue weighted by Gasteiger charge is -2.20. The summed E-state index contributed by atoms with van der Waals surface area (Å²) in [6.45, 7) is 2.06. The highest BCUT2D eigenvalue weighted by Crippen LogP contribution is 2.32. The van der Waals surface area contributed by atoms with Gasteiger partial charge >= 0.3 is 5.97 Å². The quantitative estimate of drug-likeness (QED) is 0.476. The number of anilines is 1. The Labute approximate surface area is 202 Å². The fourth-order valence-electron chi connectivity index (χ4n) is 3.77. The Hall–Kier alpha value is -4.21. The van der Waals surface area contributed by atoms with E-state index < -0.39 is 11.9 Å². The molecule has 1 aromatic heterocycles. The van der Waals surface area contributed by atoms with E-state index in [9.17, 15) is 14.4 Å². The fourth-order valence-corrected chi connectivity index (χ4v) is 3.77. The Balaban J connectivity index is 1.40. The summed E-state index contributed by atoms with van der Waals surface area (Å²) in [7, 11) is 1.62. The van der Waals surface area contributed by atoms with Crippen LogP contribution in [0.4, 0.5) is 5.69 Å². The molecule has 0 unspecified atom stereocenters. The number of ether oxygens (including phenoxy) is 2. The van der Waals surface area contributed by atoms with Crippen molar-refractivity contribution in [2.24, 2.45) is 0 Å². The maximum Gasteiger partial charge on any atom is 0.306 e. The van der Waals surface area contributed by atoms with Gasteiger partial charge in [-0.3, -0.25) is 19.5 Å². The molecule has 0 saturated heterocycles. The van der Waals surface area contributed by atoms with Gasteiger partial charge in [0.05, 0.1) is 12.3 Å². The number of amides is 2. The minimum Gasteiger partial charge on any atom is -0.489 e. The number of benzene rings is 2. The molecule has 1 aliphatic rings. The molecule has 0 radical (unpaired) electrons. The van der Waals surface area contributed by atoms with Crippen LogP contribution < -0.4 is 15.0 Å². The van der Waals surface area contributed by atoms with E-state index in [2.05, 4.69) is 20.5 Å². The molecule has 1 atom stereocenters. The molecule has 10 nitrogen and oxygen atoms in total. The van der Waals surface area contributed by atoms with Gasteiger partial charge in [0.15, 0.2) is 0 Å². The van der Waals surface area contributed by atoms with Crippen LogP contribution in [0.25, 0.3) is 0 Å². The Morgan fingerprint density at radius 1 is 1.20 bits per heavy atom. The summed E-state index contributed by atoms with van der Waals surface area (Å²) in [5, 5.41) is 9.44. The zero-order chi connectivity index (χ0) is 24.8. The zero-order valence-electron chi connectivity index (χ0n) is 19.6. The lowest BCUT2D eigenvalue weighted by Crippen LogP contribution is -2.49. The predicted molar refractivity (Wildman–Crippen MR) is 127 cm³/mol. The highest BCUT2D eigenvalue weighted by molar-refractivity contribution is 6.02. The van der Waals surface area contributed by atoms with Crippen molar-refractivity contribution in [3.63, 3.8) is 0 Å². The van der Waals surface area contributed by atoms with Gasteiger partial charge < -0.3 is 19.7 Å². The van der Waals surface area contributed by atoms with Gasteiger partial charge in [-0.05, 0) is 36.6 Å². The molecule has 0 aliphatic carbocycles. The van der Waals surface area contributed by atoms with E-state index in [1.54, 1.807) is 20.0 Å². The summed E-state index contributed by atoms with van der Waals surface area (Å²) >= 11 is 0. The summed E-state index contributed by atoms with van der Waals surface area (Å²) in [4.78, 5) is 43.2. The maximum atomic E-state index is 13.1. The summed E-state index contributed by atoms with van der Waals surface area (Å²) < 4.78 is 10.8. The normalized spacial score (nSPS) is 15.1. The minimum absolute atomic E-state index is 0.0363. The lowest BCUT2D eigenvalue weighted by molar-refractivity contribution is -0.143. The number of H-pyrrole nitrogens is 1. The van der Waals surface area contributed by atoms with Crippen molar-refractivity contribution in [1.82, 2.24) is 20.5 Å². The number of rotatable bonds is 8. The van der Waals surface area contributed by atoms with E-state index in [-0.39, 0.29) is 30.7 Å². The molecule has 0 bridgehead atoms. The van der Waals surface area contributed by atoms with Gasteiger partial charge in [0.2, 0.25) is 5.82 Å². The molecule has 3 aromatic rings. The van der Waals surface area contributed by atoms with Crippen molar-refractivity contribution in [1.29, 1.82) is 0 Å². The summed E-state index contributed by atoms with van der Waals surface area (Å²) in [5.41, 5.74) is 2.47. The smallest absolute Gasteiger partial charge is 0.306 e. The van der Waals surface area contributed by atoms with Crippen LogP contribution in [0.3, 0.4) is 0 Å². The predicted octanol–water partition coefficient (Wildman–Crippen LogP) is 2.04. The SMILES string of the molecule is CCOC(=O)CCc1ccc2c(c1)N(C)C(=O)[C@H](NC(=O)c1n[nH]c(Cc3ccccc3)n1)CO2. The monoisotopic (exact) mass is 477 g/mol. The Morgan fingerprint density at radius 2 is 2.00 bits per heavy atom. The molecule has 2 heterocycles. The molecular formula is C25H27N5O5. The first-order chi connectivity index (χ1) is 16.9. The van der Waals surface area contributed by atoms with Crippen LogP contribution in [0, 0.1) is 0 Å². The number of esters is 1. The largest absolute Gasteiger partial charge is 0.489 e. The molecule has 0 spiro atoms. The second-order valence-corrected chi connectivity index (χ2v) is 8.11. The number of hydrogen-bond acceptors (Lipinski definition) is 7. The Bertz CT molecular complexity index is 1210. The molecule has 10 heteroatoms. The van der Waals surface area contributed by atoms with E-state index in [1.807, 2.05) is 42.5 Å². The minimum atomic E-state index is -0.918. The highest BCUT2D eigenvalue weighted by Gasteiger charge is 2.31. The molecule has 35 heavy (non-hydrogen) atoms. The number of hydrogen-bond donors (Lipinski definition) is 2. The van der Waals surface area contributed by atoms with Crippen LogP contribution >= 0.6 is 0 Å². The first-order valence-corrected chi connectivity index (χ1v) is 11.4. The van der Waals surface area contributed by atoms with Crippen LogP contribution in [-0.2, 0) is 27.2 Å². The topological polar surface area (TPSA) is 127 Å². The second-order valence-electron chi connectivity index (χ2n) is 8.11. The van der Waals surface area contributed by atoms with Crippen molar-refractivity contribution in [2.45, 2.75) is 32.2 Å². The van der Waals surface area contributed by atoms with Gasteiger partial charge in [-0.25, -0.2) is 4.98 Å².